The molecule has 0 aromatic heterocycles. The molecular weight excluding hydrogens is 497 g/mol. The Hall–Kier alpha value is -3.13. The van der Waals surface area contributed by atoms with Gasteiger partial charge in [0.1, 0.15) is 0 Å². The van der Waals surface area contributed by atoms with Crippen molar-refractivity contribution in [1.29, 1.82) is 0 Å². The first-order chi connectivity index (χ1) is 17.0. The molecule has 0 radical (unpaired) electrons. The molecule has 0 atom stereocenters. The zero-order chi connectivity index (χ0) is 24.6. The SMILES string of the molecule is O=C([O-])c1cccc(CSc2ccc(Sc3ccc(SCc4cccc(C(=O)[O-])c4)cc3)cc2)c1. The summed E-state index contributed by atoms with van der Waals surface area (Å²) in [6.45, 7) is 0. The molecule has 0 bridgehead atoms. The van der Waals surface area contributed by atoms with Gasteiger partial charge in [0.05, 0.1) is 11.9 Å². The van der Waals surface area contributed by atoms with E-state index in [1.165, 1.54) is 0 Å². The molecule has 0 heterocycles. The van der Waals surface area contributed by atoms with Gasteiger partial charge in [0.25, 0.3) is 0 Å². The van der Waals surface area contributed by atoms with Crippen LogP contribution in [0.1, 0.15) is 31.8 Å². The molecule has 0 fully saturated rings. The minimum Gasteiger partial charge on any atom is -0.545 e. The van der Waals surface area contributed by atoms with Crippen LogP contribution in [-0.4, -0.2) is 11.9 Å². The number of carboxylic acids is 2. The van der Waals surface area contributed by atoms with E-state index in [1.54, 1.807) is 71.7 Å². The van der Waals surface area contributed by atoms with Crippen LogP contribution < -0.4 is 10.2 Å². The summed E-state index contributed by atoms with van der Waals surface area (Å²) in [5.41, 5.74) is 2.29. The van der Waals surface area contributed by atoms with Crippen molar-refractivity contribution in [2.45, 2.75) is 31.1 Å². The van der Waals surface area contributed by atoms with Crippen LogP contribution in [0.15, 0.2) is 117 Å². The van der Waals surface area contributed by atoms with E-state index in [0.29, 0.717) is 11.5 Å². The topological polar surface area (TPSA) is 80.3 Å². The Bertz CT molecular complexity index is 1220. The maximum Gasteiger partial charge on any atom is 0.0715 e. The van der Waals surface area contributed by atoms with E-state index in [1.807, 2.05) is 12.1 Å². The molecule has 0 amide bonds. The Balaban J connectivity index is 1.28. The number of benzene rings is 4. The van der Waals surface area contributed by atoms with Crippen LogP contribution in [0.25, 0.3) is 0 Å². The number of hydrogen-bond donors (Lipinski definition) is 0. The Morgan fingerprint density at radius 3 is 1.29 bits per heavy atom. The van der Waals surface area contributed by atoms with Gasteiger partial charge in [-0.3, -0.25) is 0 Å². The standard InChI is InChI=1S/C28H22O4S3/c29-27(30)21-5-1-3-19(15-21)17-33-23-7-11-25(12-8-23)35-26-13-9-24(10-14-26)34-18-20-4-2-6-22(16-20)28(31)32/h1-16H,17-18H2,(H,29,30)(H,31,32)/p-2. The molecular formula is C28H20O4S3-2. The maximum absolute atomic E-state index is 11.0. The fourth-order valence-electron chi connectivity index (χ4n) is 3.25. The quantitative estimate of drug-likeness (QED) is 0.270. The van der Waals surface area contributed by atoms with E-state index in [2.05, 4.69) is 48.5 Å². The van der Waals surface area contributed by atoms with Gasteiger partial charge in [-0.25, -0.2) is 0 Å². The van der Waals surface area contributed by atoms with Crippen LogP contribution in [0, 0.1) is 0 Å². The lowest BCUT2D eigenvalue weighted by atomic mass is 10.1. The lowest BCUT2D eigenvalue weighted by Crippen LogP contribution is -2.22. The van der Waals surface area contributed by atoms with Gasteiger partial charge in [-0.2, -0.15) is 0 Å². The molecule has 0 N–H and O–H groups in total. The van der Waals surface area contributed by atoms with Crippen molar-refractivity contribution >= 4 is 47.2 Å². The highest BCUT2D eigenvalue weighted by Gasteiger charge is 2.03. The Morgan fingerprint density at radius 2 is 0.914 bits per heavy atom. The van der Waals surface area contributed by atoms with Crippen molar-refractivity contribution in [3.63, 3.8) is 0 Å². The van der Waals surface area contributed by atoms with Gasteiger partial charge < -0.3 is 19.8 Å². The van der Waals surface area contributed by atoms with Crippen LogP contribution in [0.2, 0.25) is 0 Å². The summed E-state index contributed by atoms with van der Waals surface area (Å²) in [4.78, 5) is 26.5. The molecule has 0 aliphatic carbocycles. The van der Waals surface area contributed by atoms with E-state index < -0.39 is 11.9 Å². The third-order valence-corrected chi connectivity index (χ3v) is 8.20. The zero-order valence-corrected chi connectivity index (χ0v) is 21.0. The number of carbonyl (C=O) groups excluding carboxylic acids is 2. The molecule has 0 saturated heterocycles. The fraction of sp³-hybridized carbons (Fsp3) is 0.0714. The van der Waals surface area contributed by atoms with Crippen LogP contribution >= 0.6 is 35.3 Å². The molecule has 176 valence electrons. The largest absolute Gasteiger partial charge is 0.545 e. The number of carbonyl (C=O) groups is 2. The minimum absolute atomic E-state index is 0.198. The molecule has 4 rings (SSSR count). The summed E-state index contributed by atoms with van der Waals surface area (Å²) in [7, 11) is 0. The second-order valence-electron chi connectivity index (χ2n) is 7.60. The summed E-state index contributed by atoms with van der Waals surface area (Å²) in [5.74, 6) is -0.949. The van der Waals surface area contributed by atoms with E-state index in [-0.39, 0.29) is 11.1 Å². The first kappa shape index (κ1) is 25.0. The Morgan fingerprint density at radius 1 is 0.543 bits per heavy atom. The van der Waals surface area contributed by atoms with Gasteiger partial charge in [0.15, 0.2) is 0 Å². The summed E-state index contributed by atoms with van der Waals surface area (Å²) >= 11 is 4.99. The summed E-state index contributed by atoms with van der Waals surface area (Å²) in [5, 5.41) is 22.0. The average molecular weight is 517 g/mol. The molecule has 7 heteroatoms. The van der Waals surface area contributed by atoms with E-state index in [9.17, 15) is 19.8 Å². The molecule has 4 aromatic rings. The highest BCUT2D eigenvalue weighted by Crippen LogP contribution is 2.32. The van der Waals surface area contributed by atoms with Crippen molar-refractivity contribution < 1.29 is 19.8 Å². The van der Waals surface area contributed by atoms with Gasteiger partial charge in [-0.1, -0.05) is 48.2 Å². The van der Waals surface area contributed by atoms with Crippen molar-refractivity contribution in [3.8, 4) is 0 Å². The number of carboxylic acid groups (broad SMARTS) is 2. The summed E-state index contributed by atoms with van der Waals surface area (Å²) in [6, 6.07) is 30.3. The highest BCUT2D eigenvalue weighted by atomic mass is 32.2. The van der Waals surface area contributed by atoms with E-state index >= 15 is 0 Å². The van der Waals surface area contributed by atoms with Crippen molar-refractivity contribution in [2.24, 2.45) is 0 Å². The predicted octanol–water partition coefficient (Wildman–Crippen LogP) is 5.15. The third kappa shape index (κ3) is 7.42. The van der Waals surface area contributed by atoms with Gasteiger partial charge in [-0.05, 0) is 82.9 Å². The summed E-state index contributed by atoms with van der Waals surface area (Å²) in [6.07, 6.45) is 0. The molecule has 0 aliphatic heterocycles. The number of hydrogen-bond acceptors (Lipinski definition) is 7. The highest BCUT2D eigenvalue weighted by molar-refractivity contribution is 7.99. The van der Waals surface area contributed by atoms with Gasteiger partial charge in [-0.15, -0.1) is 23.5 Å². The predicted molar refractivity (Wildman–Crippen MR) is 138 cm³/mol. The molecule has 0 spiro atoms. The fourth-order valence-corrected chi connectivity index (χ4v) is 5.75. The Kier molecular flexibility index (Phi) is 8.58. The second-order valence-corrected chi connectivity index (χ2v) is 10.8. The van der Waals surface area contributed by atoms with E-state index in [0.717, 1.165) is 30.7 Å². The number of aromatic carboxylic acids is 2. The first-order valence-electron chi connectivity index (χ1n) is 10.7. The number of thioether (sulfide) groups is 2. The maximum atomic E-state index is 11.0. The number of rotatable bonds is 10. The molecule has 35 heavy (non-hydrogen) atoms. The Labute approximate surface area is 216 Å². The van der Waals surface area contributed by atoms with Gasteiger partial charge >= 0.3 is 0 Å². The summed E-state index contributed by atoms with van der Waals surface area (Å²) < 4.78 is 0. The minimum atomic E-state index is -1.16. The van der Waals surface area contributed by atoms with Crippen LogP contribution in [-0.2, 0) is 11.5 Å². The zero-order valence-electron chi connectivity index (χ0n) is 18.5. The molecule has 4 aromatic carbocycles. The van der Waals surface area contributed by atoms with Gasteiger partial charge in [0.2, 0.25) is 0 Å². The first-order valence-corrected chi connectivity index (χ1v) is 13.5. The van der Waals surface area contributed by atoms with Crippen molar-refractivity contribution in [2.75, 3.05) is 0 Å². The smallest absolute Gasteiger partial charge is 0.0715 e. The van der Waals surface area contributed by atoms with Crippen LogP contribution in [0.3, 0.4) is 0 Å². The lowest BCUT2D eigenvalue weighted by molar-refractivity contribution is -0.256. The molecule has 0 unspecified atom stereocenters. The van der Waals surface area contributed by atoms with Gasteiger partial charge in [0, 0.05) is 31.1 Å². The van der Waals surface area contributed by atoms with E-state index in [4.69, 9.17) is 0 Å². The van der Waals surface area contributed by atoms with Crippen molar-refractivity contribution in [1.82, 2.24) is 0 Å². The van der Waals surface area contributed by atoms with Crippen molar-refractivity contribution in [3.05, 3.63) is 119 Å². The molecule has 0 saturated carbocycles. The normalized spacial score (nSPS) is 10.7. The molecule has 4 nitrogen and oxygen atoms in total. The lowest BCUT2D eigenvalue weighted by Gasteiger charge is -2.08. The monoisotopic (exact) mass is 516 g/mol. The molecule has 0 aliphatic rings. The van der Waals surface area contributed by atoms with Crippen LogP contribution in [0.5, 0.6) is 0 Å². The third-order valence-electron chi connectivity index (χ3n) is 5.02. The van der Waals surface area contributed by atoms with Crippen LogP contribution in [0.4, 0.5) is 0 Å². The second kappa shape index (κ2) is 12.0. The average Bonchev–Trinajstić information content (AvgIpc) is 2.88.